The molecule has 1 atom stereocenters. The maximum atomic E-state index is 12.3. The second kappa shape index (κ2) is 10.2. The number of allylic oxidation sites excluding steroid dienone is 2. The highest BCUT2D eigenvalue weighted by atomic mass is 16.5. The van der Waals surface area contributed by atoms with Crippen molar-refractivity contribution < 1.29 is 28.6 Å². The Morgan fingerprint density at radius 2 is 1.65 bits per heavy atom. The number of carbonyl (C=O) groups is 3. The van der Waals surface area contributed by atoms with Crippen LogP contribution in [0.15, 0.2) is 55.1 Å². The zero-order chi connectivity index (χ0) is 19.6. The van der Waals surface area contributed by atoms with Crippen LogP contribution in [0, 0.1) is 5.41 Å². The molecule has 6 heteroatoms. The fraction of sp³-hybridized carbons (Fsp3) is 0.350. The molecule has 1 unspecified atom stereocenters. The van der Waals surface area contributed by atoms with Crippen LogP contribution < -0.4 is 0 Å². The van der Waals surface area contributed by atoms with Gasteiger partial charge in [-0.25, -0.2) is 0 Å². The summed E-state index contributed by atoms with van der Waals surface area (Å²) in [5, 5.41) is 0. The van der Waals surface area contributed by atoms with Crippen molar-refractivity contribution in [2.45, 2.75) is 25.9 Å². The Hall–Kier alpha value is -2.89. The van der Waals surface area contributed by atoms with Gasteiger partial charge in [-0.3, -0.25) is 14.4 Å². The van der Waals surface area contributed by atoms with Crippen LogP contribution in [0.25, 0.3) is 0 Å². The summed E-state index contributed by atoms with van der Waals surface area (Å²) in [5.74, 6) is -1.86. The first-order valence-corrected chi connectivity index (χ1v) is 8.07. The van der Waals surface area contributed by atoms with E-state index in [1.54, 1.807) is 12.2 Å². The van der Waals surface area contributed by atoms with Gasteiger partial charge >= 0.3 is 17.9 Å². The van der Waals surface area contributed by atoms with Crippen LogP contribution in [0.4, 0.5) is 0 Å². The van der Waals surface area contributed by atoms with Crippen LogP contribution in [0.2, 0.25) is 0 Å². The van der Waals surface area contributed by atoms with Crippen LogP contribution in [0.1, 0.15) is 31.4 Å². The zero-order valence-corrected chi connectivity index (χ0v) is 15.3. The van der Waals surface area contributed by atoms with E-state index >= 15 is 0 Å². The van der Waals surface area contributed by atoms with E-state index < -0.39 is 29.4 Å². The van der Waals surface area contributed by atoms with Crippen molar-refractivity contribution in [3.05, 3.63) is 60.7 Å². The Balaban J connectivity index is 3.13. The molecule has 0 heterocycles. The molecule has 1 rings (SSSR count). The summed E-state index contributed by atoms with van der Waals surface area (Å²) in [5.41, 5.74) is -0.761. The number of ether oxygens (including phenoxy) is 3. The standard InChI is InChI=1S/C20H24O6/c1-5-13-20(18(22)24-3,19(23)25-4)14-9-12-17(26-15(2)21)16-10-7-6-8-11-16/h5-12,17H,1,13-14H2,2-4H3/b12-9+. The molecule has 0 radical (unpaired) electrons. The van der Waals surface area contributed by atoms with Crippen molar-refractivity contribution in [1.29, 1.82) is 0 Å². The van der Waals surface area contributed by atoms with E-state index in [-0.39, 0.29) is 12.8 Å². The molecule has 6 nitrogen and oxygen atoms in total. The predicted octanol–water partition coefficient (Wildman–Crippen LogP) is 3.15. The molecular weight excluding hydrogens is 336 g/mol. The highest BCUT2D eigenvalue weighted by Gasteiger charge is 2.46. The molecule has 0 aromatic heterocycles. The largest absolute Gasteiger partial charge is 0.468 e. The van der Waals surface area contributed by atoms with Crippen molar-refractivity contribution in [2.24, 2.45) is 5.41 Å². The summed E-state index contributed by atoms with van der Waals surface area (Å²) in [4.78, 5) is 35.9. The van der Waals surface area contributed by atoms with Gasteiger partial charge < -0.3 is 14.2 Å². The fourth-order valence-corrected chi connectivity index (χ4v) is 2.57. The van der Waals surface area contributed by atoms with Gasteiger partial charge in [-0.15, -0.1) is 6.58 Å². The maximum Gasteiger partial charge on any atom is 0.323 e. The first-order valence-electron chi connectivity index (χ1n) is 8.07. The molecule has 1 aromatic rings. The van der Waals surface area contributed by atoms with Crippen LogP contribution >= 0.6 is 0 Å². The van der Waals surface area contributed by atoms with Crippen molar-refractivity contribution in [1.82, 2.24) is 0 Å². The third kappa shape index (κ3) is 5.31. The smallest absolute Gasteiger partial charge is 0.323 e. The van der Waals surface area contributed by atoms with E-state index in [2.05, 4.69) is 6.58 Å². The van der Waals surface area contributed by atoms with Gasteiger partial charge in [0, 0.05) is 6.92 Å². The van der Waals surface area contributed by atoms with Crippen molar-refractivity contribution in [3.63, 3.8) is 0 Å². The summed E-state index contributed by atoms with van der Waals surface area (Å²) < 4.78 is 14.9. The highest BCUT2D eigenvalue weighted by Crippen LogP contribution is 2.32. The molecular formula is C20H24O6. The fourth-order valence-electron chi connectivity index (χ4n) is 2.57. The summed E-state index contributed by atoms with van der Waals surface area (Å²) >= 11 is 0. The molecule has 0 saturated carbocycles. The lowest BCUT2D eigenvalue weighted by Crippen LogP contribution is -2.40. The van der Waals surface area contributed by atoms with Crippen molar-refractivity contribution in [3.8, 4) is 0 Å². The number of hydrogen-bond donors (Lipinski definition) is 0. The first kappa shape index (κ1) is 21.2. The third-order valence-corrected chi connectivity index (χ3v) is 3.84. The van der Waals surface area contributed by atoms with Crippen LogP contribution in [0.5, 0.6) is 0 Å². The Bertz CT molecular complexity index is 646. The van der Waals surface area contributed by atoms with Crippen molar-refractivity contribution >= 4 is 17.9 Å². The molecule has 140 valence electrons. The summed E-state index contributed by atoms with van der Waals surface area (Å²) in [6, 6.07) is 9.13. The SMILES string of the molecule is C=CCC(C/C=C/C(OC(C)=O)c1ccccc1)(C(=O)OC)C(=O)OC. The highest BCUT2D eigenvalue weighted by molar-refractivity contribution is 6.00. The minimum Gasteiger partial charge on any atom is -0.468 e. The molecule has 0 aliphatic carbocycles. The Morgan fingerprint density at radius 1 is 1.08 bits per heavy atom. The minimum absolute atomic E-state index is 0.0168. The average Bonchev–Trinajstić information content (AvgIpc) is 2.65. The van der Waals surface area contributed by atoms with Crippen LogP contribution in [-0.2, 0) is 28.6 Å². The van der Waals surface area contributed by atoms with Gasteiger partial charge in [-0.1, -0.05) is 42.5 Å². The number of methoxy groups -OCH3 is 2. The number of rotatable bonds is 9. The van der Waals surface area contributed by atoms with Gasteiger partial charge in [0.2, 0.25) is 0 Å². The second-order valence-electron chi connectivity index (χ2n) is 5.63. The molecule has 0 aliphatic heterocycles. The molecule has 0 spiro atoms. The van der Waals surface area contributed by atoms with Gasteiger partial charge in [0.05, 0.1) is 14.2 Å². The minimum atomic E-state index is -1.53. The van der Waals surface area contributed by atoms with Gasteiger partial charge in [0.25, 0.3) is 0 Å². The van der Waals surface area contributed by atoms with Gasteiger partial charge in [-0.2, -0.15) is 0 Å². The summed E-state index contributed by atoms with van der Waals surface area (Å²) in [7, 11) is 2.41. The van der Waals surface area contributed by atoms with Crippen LogP contribution in [0.3, 0.4) is 0 Å². The quantitative estimate of drug-likeness (QED) is 0.291. The lowest BCUT2D eigenvalue weighted by Gasteiger charge is -2.26. The monoisotopic (exact) mass is 360 g/mol. The first-order chi connectivity index (χ1) is 12.4. The van der Waals surface area contributed by atoms with E-state index in [1.807, 2.05) is 30.3 Å². The van der Waals surface area contributed by atoms with E-state index in [4.69, 9.17) is 14.2 Å². The van der Waals surface area contributed by atoms with Gasteiger partial charge in [0.1, 0.15) is 6.10 Å². The third-order valence-electron chi connectivity index (χ3n) is 3.84. The number of esters is 3. The molecule has 0 amide bonds. The lowest BCUT2D eigenvalue weighted by atomic mass is 9.80. The molecule has 0 bridgehead atoms. The topological polar surface area (TPSA) is 78.9 Å². The Morgan fingerprint density at radius 3 is 2.12 bits per heavy atom. The van der Waals surface area contributed by atoms with Gasteiger partial charge in [-0.05, 0) is 24.5 Å². The predicted molar refractivity (Wildman–Crippen MR) is 96.0 cm³/mol. The number of carbonyl (C=O) groups excluding carboxylic acids is 3. The lowest BCUT2D eigenvalue weighted by molar-refractivity contribution is -0.168. The van der Waals surface area contributed by atoms with E-state index in [9.17, 15) is 14.4 Å². The van der Waals surface area contributed by atoms with E-state index in [0.717, 1.165) is 5.56 Å². The zero-order valence-electron chi connectivity index (χ0n) is 15.3. The molecule has 0 aliphatic rings. The molecule has 26 heavy (non-hydrogen) atoms. The molecule has 0 N–H and O–H groups in total. The Labute approximate surface area is 153 Å². The molecule has 0 saturated heterocycles. The number of benzene rings is 1. The average molecular weight is 360 g/mol. The molecule has 1 aromatic carbocycles. The van der Waals surface area contributed by atoms with E-state index in [0.29, 0.717) is 0 Å². The Kier molecular flexibility index (Phi) is 8.28. The maximum absolute atomic E-state index is 12.3. The van der Waals surface area contributed by atoms with Crippen molar-refractivity contribution in [2.75, 3.05) is 14.2 Å². The second-order valence-corrected chi connectivity index (χ2v) is 5.63. The number of hydrogen-bond acceptors (Lipinski definition) is 6. The summed E-state index contributed by atoms with van der Waals surface area (Å²) in [6.45, 7) is 4.91. The summed E-state index contributed by atoms with van der Waals surface area (Å²) in [6.07, 6.45) is 4.13. The van der Waals surface area contributed by atoms with E-state index in [1.165, 1.54) is 27.2 Å². The van der Waals surface area contributed by atoms with Crippen LogP contribution in [-0.4, -0.2) is 32.1 Å². The molecule has 0 fully saturated rings. The normalized spacial score (nSPS) is 12.3. The van der Waals surface area contributed by atoms with Gasteiger partial charge in [0.15, 0.2) is 5.41 Å².